The zero-order valence-electron chi connectivity index (χ0n) is 17.9. The van der Waals surface area contributed by atoms with Gasteiger partial charge in [-0.25, -0.2) is 9.79 Å². The number of benzene rings is 1. The maximum absolute atomic E-state index is 12.1. The number of hydrogen-bond acceptors (Lipinski definition) is 5. The number of carbonyl (C=O) groups excluding carboxylic acids is 1. The monoisotopic (exact) mass is 520 g/mol. The van der Waals surface area contributed by atoms with Crippen LogP contribution in [0, 0.1) is 0 Å². The zero-order valence-corrected chi connectivity index (χ0v) is 20.3. The fourth-order valence-electron chi connectivity index (χ4n) is 2.80. The van der Waals surface area contributed by atoms with E-state index in [-0.39, 0.29) is 30.1 Å². The van der Waals surface area contributed by atoms with Crippen LogP contribution >= 0.6 is 24.0 Å². The molecule has 2 rings (SSSR count). The van der Waals surface area contributed by atoms with Crippen LogP contribution in [-0.4, -0.2) is 67.3 Å². The highest BCUT2D eigenvalue weighted by molar-refractivity contribution is 14.0. The second-order valence-electron chi connectivity index (χ2n) is 7.55. The van der Waals surface area contributed by atoms with Crippen molar-refractivity contribution in [1.82, 2.24) is 9.80 Å². The third-order valence-corrected chi connectivity index (χ3v) is 4.21. The van der Waals surface area contributed by atoms with Crippen molar-refractivity contribution >= 4 is 36.0 Å². The summed E-state index contributed by atoms with van der Waals surface area (Å²) in [5, 5.41) is 0. The molecule has 1 aliphatic heterocycles. The minimum Gasteiger partial charge on any atom is -0.493 e. The maximum Gasteiger partial charge on any atom is 0.410 e. The molecule has 1 heterocycles. The molecule has 164 valence electrons. The highest BCUT2D eigenvalue weighted by Crippen LogP contribution is 2.28. The molecule has 1 saturated heterocycles. The number of guanidine groups is 1. The number of halogens is 1. The van der Waals surface area contributed by atoms with Crippen LogP contribution in [0.5, 0.6) is 11.5 Å². The number of amides is 1. The fraction of sp³-hybridized carbons (Fsp3) is 0.600. The third-order valence-electron chi connectivity index (χ3n) is 4.21. The van der Waals surface area contributed by atoms with E-state index in [2.05, 4.69) is 4.99 Å². The van der Waals surface area contributed by atoms with Crippen molar-refractivity contribution in [2.75, 3.05) is 39.9 Å². The van der Waals surface area contributed by atoms with Gasteiger partial charge in [0.25, 0.3) is 0 Å². The molecule has 8 nitrogen and oxygen atoms in total. The van der Waals surface area contributed by atoms with Crippen LogP contribution in [0.15, 0.2) is 23.2 Å². The molecule has 1 aromatic rings. The maximum atomic E-state index is 12.1. The molecule has 1 aromatic carbocycles. The van der Waals surface area contributed by atoms with Gasteiger partial charge in [-0.2, -0.15) is 0 Å². The Kier molecular flexibility index (Phi) is 9.81. The first-order valence-corrected chi connectivity index (χ1v) is 9.56. The molecule has 1 fully saturated rings. The SMILES string of the molecule is CCOc1cc(CN=C(N)N2CCN(C(=O)OC(C)(C)C)CC2)ccc1OC.I. The number of nitrogens with two attached hydrogens (primary N) is 1. The minimum absolute atomic E-state index is 0. The van der Waals surface area contributed by atoms with Crippen LogP contribution in [0.2, 0.25) is 0 Å². The number of nitrogens with zero attached hydrogens (tertiary/aromatic N) is 3. The van der Waals surface area contributed by atoms with Crippen LogP contribution in [0.3, 0.4) is 0 Å². The van der Waals surface area contributed by atoms with Gasteiger partial charge in [0.05, 0.1) is 20.3 Å². The Hall–Kier alpha value is -1.91. The van der Waals surface area contributed by atoms with Crippen LogP contribution in [-0.2, 0) is 11.3 Å². The van der Waals surface area contributed by atoms with E-state index in [9.17, 15) is 4.79 Å². The first-order valence-electron chi connectivity index (χ1n) is 9.56. The Morgan fingerprint density at radius 3 is 2.31 bits per heavy atom. The normalized spacial score (nSPS) is 14.9. The summed E-state index contributed by atoms with van der Waals surface area (Å²) in [7, 11) is 1.62. The zero-order chi connectivity index (χ0) is 20.7. The van der Waals surface area contributed by atoms with Crippen molar-refractivity contribution in [2.24, 2.45) is 10.7 Å². The number of piperazine rings is 1. The van der Waals surface area contributed by atoms with Gasteiger partial charge in [0.1, 0.15) is 5.60 Å². The Labute approximate surface area is 190 Å². The lowest BCUT2D eigenvalue weighted by Crippen LogP contribution is -2.53. The van der Waals surface area contributed by atoms with Crippen LogP contribution in [0.4, 0.5) is 4.79 Å². The van der Waals surface area contributed by atoms with Crippen molar-refractivity contribution in [2.45, 2.75) is 39.8 Å². The summed E-state index contributed by atoms with van der Waals surface area (Å²) in [4.78, 5) is 20.3. The van der Waals surface area contributed by atoms with Crippen LogP contribution in [0.25, 0.3) is 0 Å². The standard InChI is InChI=1S/C20H32N4O4.HI/c1-6-27-17-13-15(7-8-16(17)26-5)14-22-18(21)23-9-11-24(12-10-23)19(25)28-20(2,3)4;/h7-8,13H,6,9-12,14H2,1-5H3,(H2,21,22);1H. The van der Waals surface area contributed by atoms with E-state index in [1.165, 1.54) is 0 Å². The molecule has 0 bridgehead atoms. The Morgan fingerprint density at radius 1 is 1.14 bits per heavy atom. The molecule has 29 heavy (non-hydrogen) atoms. The minimum atomic E-state index is -0.493. The van der Waals surface area contributed by atoms with E-state index < -0.39 is 5.60 Å². The van der Waals surface area contributed by atoms with E-state index in [1.54, 1.807) is 12.0 Å². The van der Waals surface area contributed by atoms with E-state index >= 15 is 0 Å². The average Bonchev–Trinajstić information content (AvgIpc) is 2.65. The molecule has 1 aliphatic rings. The second kappa shape index (κ2) is 11.3. The van der Waals surface area contributed by atoms with Crippen molar-refractivity contribution in [3.63, 3.8) is 0 Å². The number of carbonyl (C=O) groups is 1. The Morgan fingerprint density at radius 2 is 1.76 bits per heavy atom. The van der Waals surface area contributed by atoms with Crippen molar-refractivity contribution in [1.29, 1.82) is 0 Å². The van der Waals surface area contributed by atoms with Crippen LogP contribution in [0.1, 0.15) is 33.3 Å². The highest BCUT2D eigenvalue weighted by Gasteiger charge is 2.26. The molecule has 0 aliphatic carbocycles. The number of hydrogen-bond donors (Lipinski definition) is 1. The Balaban J connectivity index is 0.00000420. The van der Waals surface area contributed by atoms with Crippen LogP contribution < -0.4 is 15.2 Å². The van der Waals surface area contributed by atoms with Gasteiger partial charge >= 0.3 is 6.09 Å². The molecule has 0 atom stereocenters. The largest absolute Gasteiger partial charge is 0.493 e. The van der Waals surface area contributed by atoms with Gasteiger partial charge < -0.3 is 29.7 Å². The number of rotatable bonds is 5. The summed E-state index contributed by atoms with van der Waals surface area (Å²) in [5.74, 6) is 1.86. The smallest absolute Gasteiger partial charge is 0.410 e. The number of ether oxygens (including phenoxy) is 3. The summed E-state index contributed by atoms with van der Waals surface area (Å²) in [6.45, 7) is 10.9. The summed E-state index contributed by atoms with van der Waals surface area (Å²) in [6, 6.07) is 5.73. The lowest BCUT2D eigenvalue weighted by molar-refractivity contribution is 0.0186. The third kappa shape index (κ3) is 7.79. The molecule has 0 spiro atoms. The van der Waals surface area contributed by atoms with Gasteiger partial charge in [-0.15, -0.1) is 24.0 Å². The lowest BCUT2D eigenvalue weighted by atomic mass is 10.2. The second-order valence-corrected chi connectivity index (χ2v) is 7.55. The summed E-state index contributed by atoms with van der Waals surface area (Å²) in [6.07, 6.45) is -0.288. The number of methoxy groups -OCH3 is 1. The van der Waals surface area contributed by atoms with E-state index in [1.807, 2.05) is 50.8 Å². The summed E-state index contributed by atoms with van der Waals surface area (Å²) in [5.41, 5.74) is 6.65. The van der Waals surface area contributed by atoms with Gasteiger partial charge in [0.2, 0.25) is 0 Å². The van der Waals surface area contributed by atoms with E-state index in [4.69, 9.17) is 19.9 Å². The van der Waals surface area contributed by atoms with E-state index in [0.29, 0.717) is 56.8 Å². The first kappa shape index (κ1) is 25.1. The van der Waals surface area contributed by atoms with Gasteiger partial charge in [-0.05, 0) is 45.4 Å². The van der Waals surface area contributed by atoms with Gasteiger partial charge in [0.15, 0.2) is 17.5 Å². The van der Waals surface area contributed by atoms with Crippen molar-refractivity contribution in [3.05, 3.63) is 23.8 Å². The molecule has 0 unspecified atom stereocenters. The molecule has 0 radical (unpaired) electrons. The molecular formula is C20H33IN4O4. The molecule has 0 aromatic heterocycles. The van der Waals surface area contributed by atoms with Crippen molar-refractivity contribution in [3.8, 4) is 11.5 Å². The van der Waals surface area contributed by atoms with Crippen molar-refractivity contribution < 1.29 is 19.0 Å². The fourth-order valence-corrected chi connectivity index (χ4v) is 2.80. The summed E-state index contributed by atoms with van der Waals surface area (Å²) >= 11 is 0. The topological polar surface area (TPSA) is 89.6 Å². The molecule has 9 heteroatoms. The quantitative estimate of drug-likeness (QED) is 0.365. The predicted molar refractivity (Wildman–Crippen MR) is 124 cm³/mol. The number of aliphatic imine (C=N–C) groups is 1. The molecular weight excluding hydrogens is 487 g/mol. The molecule has 0 saturated carbocycles. The summed E-state index contributed by atoms with van der Waals surface area (Å²) < 4.78 is 16.3. The highest BCUT2D eigenvalue weighted by atomic mass is 127. The molecule has 2 N–H and O–H groups in total. The molecule has 1 amide bonds. The predicted octanol–water partition coefficient (Wildman–Crippen LogP) is 3.08. The lowest BCUT2D eigenvalue weighted by Gasteiger charge is -2.36. The Bertz CT molecular complexity index is 698. The van der Waals surface area contributed by atoms with Gasteiger partial charge in [0, 0.05) is 26.2 Å². The average molecular weight is 520 g/mol. The van der Waals surface area contributed by atoms with Gasteiger partial charge in [-0.3, -0.25) is 0 Å². The van der Waals surface area contributed by atoms with Gasteiger partial charge in [-0.1, -0.05) is 6.07 Å². The van der Waals surface area contributed by atoms with E-state index in [0.717, 1.165) is 5.56 Å². The first-order chi connectivity index (χ1) is 13.2.